The highest BCUT2D eigenvalue weighted by Gasteiger charge is 2.76. The van der Waals surface area contributed by atoms with Crippen molar-refractivity contribution in [2.75, 3.05) is 38.3 Å². The summed E-state index contributed by atoms with van der Waals surface area (Å²) in [6, 6.07) is 44.4. The van der Waals surface area contributed by atoms with E-state index >= 15 is 19.2 Å². The molecule has 12 nitrogen and oxygen atoms in total. The van der Waals surface area contributed by atoms with Crippen molar-refractivity contribution >= 4 is 29.5 Å². The Kier molecular flexibility index (Phi) is 13.9. The van der Waals surface area contributed by atoms with Gasteiger partial charge in [0.1, 0.15) is 35.7 Å². The van der Waals surface area contributed by atoms with E-state index in [2.05, 4.69) is 17.2 Å². The van der Waals surface area contributed by atoms with Crippen molar-refractivity contribution in [3.8, 4) is 23.3 Å². The molecule has 0 aromatic heterocycles. The molecular weight excluding hydrogens is 905 g/mol. The number of imide groups is 1. The van der Waals surface area contributed by atoms with E-state index in [9.17, 15) is 5.11 Å². The highest BCUT2D eigenvalue weighted by molar-refractivity contribution is 6.24. The maximum atomic E-state index is 16.9. The lowest BCUT2D eigenvalue weighted by molar-refractivity contribution is -0.179. The fourth-order valence-corrected chi connectivity index (χ4v) is 11.5. The highest BCUT2D eigenvalue weighted by Crippen LogP contribution is 2.66. The Bertz CT molecular complexity index is 2990. The first-order chi connectivity index (χ1) is 35.2. The first-order valence-corrected chi connectivity index (χ1v) is 24.9. The number of nitrogens with one attached hydrogen (secondary N) is 1. The maximum absolute atomic E-state index is 16.9. The van der Waals surface area contributed by atoms with Gasteiger partial charge >= 0.3 is 12.0 Å². The second-order valence-corrected chi connectivity index (χ2v) is 18.9. The van der Waals surface area contributed by atoms with Crippen LogP contribution in [0.2, 0.25) is 0 Å². The van der Waals surface area contributed by atoms with Crippen LogP contribution in [-0.4, -0.2) is 78.2 Å². The van der Waals surface area contributed by atoms with E-state index in [4.69, 9.17) is 14.2 Å². The molecule has 6 aromatic rings. The third-order valence-corrected chi connectivity index (χ3v) is 14.7. The topological polar surface area (TPSA) is 138 Å². The molecular formula is C60H58N4O8. The summed E-state index contributed by atoms with van der Waals surface area (Å²) in [6.45, 7) is 2.49. The third kappa shape index (κ3) is 8.88. The normalized spacial score (nSPS) is 23.1. The van der Waals surface area contributed by atoms with E-state index in [1.807, 2.05) is 156 Å². The molecule has 0 saturated carbocycles. The van der Waals surface area contributed by atoms with Crippen molar-refractivity contribution < 1.29 is 38.5 Å². The Labute approximate surface area is 420 Å². The van der Waals surface area contributed by atoms with Gasteiger partial charge in [0.05, 0.1) is 43.4 Å². The number of methoxy groups -OCH3 is 1. The van der Waals surface area contributed by atoms with Crippen LogP contribution in [-0.2, 0) is 24.5 Å². The Morgan fingerprint density at radius 3 is 2.03 bits per heavy atom. The lowest BCUT2D eigenvalue weighted by atomic mass is 9.64. The SMILES string of the molecule is COc1ccc(C#Cc2ccc3c(c2)C2(C(=O)N3C(=O)NC(C)c3ccccc3)C(C(=O)N3CCCCCCC3)C3C(=O)OC(c4ccccc4)C(c4ccccc4)N3C2c2cccc(OCCO)c2)cc1. The van der Waals surface area contributed by atoms with Gasteiger partial charge in [-0.15, -0.1) is 0 Å². The van der Waals surface area contributed by atoms with Crippen molar-refractivity contribution in [3.05, 3.63) is 197 Å². The van der Waals surface area contributed by atoms with Crippen molar-refractivity contribution in [3.63, 3.8) is 0 Å². The number of ether oxygens (including phenoxy) is 3. The van der Waals surface area contributed by atoms with E-state index in [1.54, 1.807) is 25.3 Å². The molecule has 72 heavy (non-hydrogen) atoms. The maximum Gasteiger partial charge on any atom is 0.329 e. The first-order valence-electron chi connectivity index (χ1n) is 24.9. The summed E-state index contributed by atoms with van der Waals surface area (Å²) in [5.74, 6) is 4.62. The molecule has 2 N–H and O–H groups in total. The standard InChI is InChI=1S/C60H58N4O8/c1-40(43-18-9-6-10-19-43)61-59(69)63-50-33-30-42(27-26-41-28-31-47(70-2)32-29-41)38-49(50)60(58(63)68)51(56(66)62-34-15-4-3-5-16-35-62)53-57(67)72-54(45-22-13-8-14-23-45)52(44-20-11-7-12-21-44)64(53)55(60)46-24-17-25-48(39-46)71-37-36-65/h6-14,17-25,28-33,38-40,51-55,65H,3-5,15-16,34-37H2,1-2H3,(H,61,69). The smallest absolute Gasteiger partial charge is 0.329 e. The van der Waals surface area contributed by atoms with Gasteiger partial charge in [0.15, 0.2) is 0 Å². The van der Waals surface area contributed by atoms with Crippen molar-refractivity contribution in [2.24, 2.45) is 5.92 Å². The van der Waals surface area contributed by atoms with Gasteiger partial charge < -0.3 is 29.5 Å². The molecule has 12 heteroatoms. The number of benzene rings is 6. The summed E-state index contributed by atoms with van der Waals surface area (Å²) in [5, 5.41) is 13.0. The molecule has 3 fully saturated rings. The number of morpholine rings is 1. The van der Waals surface area contributed by atoms with E-state index in [0.717, 1.165) is 54.4 Å². The quantitative estimate of drug-likeness (QED) is 0.102. The van der Waals surface area contributed by atoms with Crippen LogP contribution in [0.15, 0.2) is 158 Å². The van der Waals surface area contributed by atoms with E-state index < -0.39 is 59.5 Å². The number of carbonyl (C=O) groups is 4. The molecule has 6 aromatic carbocycles. The first kappa shape index (κ1) is 47.9. The molecule has 4 amide bonds. The predicted molar refractivity (Wildman–Crippen MR) is 273 cm³/mol. The molecule has 7 atom stereocenters. The van der Waals surface area contributed by atoms with Crippen LogP contribution >= 0.6 is 0 Å². The number of hydrogen-bond acceptors (Lipinski definition) is 9. The molecule has 3 saturated heterocycles. The number of amides is 4. The Balaban J connectivity index is 1.27. The van der Waals surface area contributed by atoms with Crippen LogP contribution in [0.4, 0.5) is 10.5 Å². The highest BCUT2D eigenvalue weighted by atomic mass is 16.6. The summed E-state index contributed by atoms with van der Waals surface area (Å²) >= 11 is 0. The fraction of sp³-hybridized carbons (Fsp3) is 0.300. The number of likely N-dealkylation sites (tertiary alicyclic amines) is 1. The number of cyclic esters (lactones) is 1. The molecule has 0 bridgehead atoms. The average Bonchev–Trinajstić information content (AvgIpc) is 3.86. The molecule has 7 unspecified atom stereocenters. The number of urea groups is 1. The molecule has 366 valence electrons. The molecule has 4 heterocycles. The molecule has 4 aliphatic rings. The molecule has 0 radical (unpaired) electrons. The number of aliphatic hydroxyl groups is 1. The van der Waals surface area contributed by atoms with Crippen LogP contribution in [0.25, 0.3) is 0 Å². The molecule has 10 rings (SSSR count). The Morgan fingerprint density at radius 1 is 0.722 bits per heavy atom. The van der Waals surface area contributed by atoms with Gasteiger partial charge in [-0.1, -0.05) is 134 Å². The van der Waals surface area contributed by atoms with Gasteiger partial charge in [0.2, 0.25) is 11.8 Å². The summed E-state index contributed by atoms with van der Waals surface area (Å²) in [7, 11) is 1.60. The lowest BCUT2D eigenvalue weighted by Crippen LogP contribution is -2.57. The van der Waals surface area contributed by atoms with Crippen molar-refractivity contribution in [1.82, 2.24) is 15.1 Å². The third-order valence-electron chi connectivity index (χ3n) is 14.7. The van der Waals surface area contributed by atoms with Crippen molar-refractivity contribution in [2.45, 2.75) is 74.7 Å². The molecule has 0 aliphatic carbocycles. The predicted octanol–water partition coefficient (Wildman–Crippen LogP) is 9.40. The summed E-state index contributed by atoms with van der Waals surface area (Å²) in [5.41, 5.74) is 2.88. The number of fused-ring (bicyclic) bond motifs is 3. The van der Waals surface area contributed by atoms with E-state index in [1.165, 1.54) is 4.90 Å². The fourth-order valence-electron chi connectivity index (χ4n) is 11.5. The minimum absolute atomic E-state index is 0.00224. The van der Waals surface area contributed by atoms with Gasteiger partial charge in [-0.25, -0.2) is 9.69 Å². The summed E-state index contributed by atoms with van der Waals surface area (Å²) < 4.78 is 18.2. The zero-order valence-corrected chi connectivity index (χ0v) is 40.5. The zero-order chi connectivity index (χ0) is 49.8. The minimum atomic E-state index is -1.96. The van der Waals surface area contributed by atoms with Gasteiger partial charge in [0.25, 0.3) is 0 Å². The van der Waals surface area contributed by atoms with Gasteiger partial charge in [-0.05, 0) is 102 Å². The number of carbonyl (C=O) groups excluding carboxylic acids is 4. The van der Waals surface area contributed by atoms with E-state index in [0.29, 0.717) is 41.3 Å². The van der Waals surface area contributed by atoms with Crippen LogP contribution < -0.4 is 19.7 Å². The number of hydrogen-bond donors (Lipinski definition) is 2. The van der Waals surface area contributed by atoms with Gasteiger partial charge in [0, 0.05) is 24.2 Å². The van der Waals surface area contributed by atoms with Gasteiger partial charge in [-0.2, -0.15) is 0 Å². The Hall–Kier alpha value is -7.72. The van der Waals surface area contributed by atoms with E-state index in [-0.39, 0.29) is 24.8 Å². The number of rotatable bonds is 10. The molecule has 4 aliphatic heterocycles. The molecule has 1 spiro atoms. The van der Waals surface area contributed by atoms with Crippen molar-refractivity contribution in [1.29, 1.82) is 0 Å². The minimum Gasteiger partial charge on any atom is -0.497 e. The average molecular weight is 963 g/mol. The summed E-state index contributed by atoms with van der Waals surface area (Å²) in [6.07, 6.45) is 3.53. The van der Waals surface area contributed by atoms with Crippen LogP contribution in [0, 0.1) is 17.8 Å². The zero-order valence-electron chi connectivity index (χ0n) is 40.5. The second-order valence-electron chi connectivity index (χ2n) is 18.9. The largest absolute Gasteiger partial charge is 0.497 e. The number of esters is 1. The second kappa shape index (κ2) is 20.9. The number of anilines is 1. The lowest BCUT2D eigenvalue weighted by Gasteiger charge is -2.46. The van der Waals surface area contributed by atoms with Crippen LogP contribution in [0.3, 0.4) is 0 Å². The van der Waals surface area contributed by atoms with Gasteiger partial charge in [-0.3, -0.25) is 19.3 Å². The van der Waals surface area contributed by atoms with Crippen LogP contribution in [0.1, 0.15) is 102 Å². The number of nitrogens with zero attached hydrogens (tertiary/aromatic N) is 3. The summed E-state index contributed by atoms with van der Waals surface area (Å²) in [4.78, 5) is 69.3. The Morgan fingerprint density at radius 2 is 1.35 bits per heavy atom. The number of aliphatic hydroxyl groups excluding tert-OH is 1. The van der Waals surface area contributed by atoms with Crippen LogP contribution in [0.5, 0.6) is 11.5 Å². The monoisotopic (exact) mass is 962 g/mol.